The highest BCUT2D eigenvalue weighted by Gasteiger charge is 2.23. The average Bonchev–Trinajstić information content (AvgIpc) is 2.61. The van der Waals surface area contributed by atoms with Crippen molar-refractivity contribution in [2.24, 2.45) is 5.92 Å². The van der Waals surface area contributed by atoms with Crippen molar-refractivity contribution in [1.82, 2.24) is 9.88 Å². The number of likely N-dealkylation sites (tertiary alicyclic amines) is 1. The van der Waals surface area contributed by atoms with Crippen LogP contribution in [0.2, 0.25) is 0 Å². The van der Waals surface area contributed by atoms with Crippen LogP contribution in [0.5, 0.6) is 0 Å². The minimum Gasteiger partial charge on any atom is -0.337 e. The van der Waals surface area contributed by atoms with Crippen molar-refractivity contribution in [2.45, 2.75) is 44.3 Å². The fraction of sp³-hybridized carbons (Fsp3) is 0.429. The van der Waals surface area contributed by atoms with Crippen LogP contribution in [-0.4, -0.2) is 28.9 Å². The van der Waals surface area contributed by atoms with Gasteiger partial charge in [-0.2, -0.15) is 0 Å². The van der Waals surface area contributed by atoms with E-state index in [1.165, 1.54) is 22.4 Å². The van der Waals surface area contributed by atoms with Crippen molar-refractivity contribution < 1.29 is 4.79 Å². The van der Waals surface area contributed by atoms with Crippen molar-refractivity contribution in [3.63, 3.8) is 0 Å². The molecule has 1 fully saturated rings. The van der Waals surface area contributed by atoms with Crippen molar-refractivity contribution in [1.29, 1.82) is 0 Å². The molecule has 0 saturated carbocycles. The Morgan fingerprint density at radius 2 is 1.92 bits per heavy atom. The molecular weight excluding hydrogens is 328 g/mol. The molecule has 1 aliphatic rings. The lowest BCUT2D eigenvalue weighted by Crippen LogP contribution is -2.39. The molecule has 2 heterocycles. The molecular formula is C21H26N2OS. The Morgan fingerprint density at radius 3 is 2.64 bits per heavy atom. The number of hydrogen-bond acceptors (Lipinski definition) is 3. The molecule has 0 N–H and O–H groups in total. The first kappa shape index (κ1) is 18.0. The molecule has 25 heavy (non-hydrogen) atoms. The van der Waals surface area contributed by atoms with E-state index in [1.807, 2.05) is 23.1 Å². The van der Waals surface area contributed by atoms with E-state index in [-0.39, 0.29) is 5.91 Å². The zero-order chi connectivity index (χ0) is 17.8. The zero-order valence-electron chi connectivity index (χ0n) is 15.3. The number of hydrogen-bond donors (Lipinski definition) is 0. The van der Waals surface area contributed by atoms with Gasteiger partial charge in [0.05, 0.1) is 5.69 Å². The van der Waals surface area contributed by atoms with Gasteiger partial charge in [0, 0.05) is 23.7 Å². The Bertz CT molecular complexity index is 739. The van der Waals surface area contributed by atoms with Crippen LogP contribution in [0.4, 0.5) is 0 Å². The third-order valence-corrected chi connectivity index (χ3v) is 6.12. The van der Waals surface area contributed by atoms with Gasteiger partial charge < -0.3 is 4.90 Å². The van der Waals surface area contributed by atoms with E-state index in [4.69, 9.17) is 0 Å². The summed E-state index contributed by atoms with van der Waals surface area (Å²) in [7, 11) is 0. The molecule has 0 aliphatic carbocycles. The Morgan fingerprint density at radius 1 is 1.20 bits per heavy atom. The first-order chi connectivity index (χ1) is 12.0. The smallest absolute Gasteiger partial charge is 0.272 e. The Kier molecular flexibility index (Phi) is 5.79. The third-order valence-electron chi connectivity index (χ3n) is 4.74. The highest BCUT2D eigenvalue weighted by atomic mass is 32.2. The maximum atomic E-state index is 12.7. The van der Waals surface area contributed by atoms with Gasteiger partial charge in [-0.3, -0.25) is 4.79 Å². The second kappa shape index (κ2) is 8.05. The van der Waals surface area contributed by atoms with Crippen molar-refractivity contribution in [2.75, 3.05) is 13.1 Å². The predicted molar refractivity (Wildman–Crippen MR) is 104 cm³/mol. The number of nitrogens with zero attached hydrogens (tertiary/aromatic N) is 2. The van der Waals surface area contributed by atoms with Gasteiger partial charge in [-0.1, -0.05) is 31.2 Å². The molecule has 4 heteroatoms. The largest absolute Gasteiger partial charge is 0.337 e. The highest BCUT2D eigenvalue weighted by Crippen LogP contribution is 2.28. The lowest BCUT2D eigenvalue weighted by Gasteiger charge is -2.30. The summed E-state index contributed by atoms with van der Waals surface area (Å²) in [5.41, 5.74) is 4.12. The number of piperidine rings is 1. The maximum absolute atomic E-state index is 12.7. The van der Waals surface area contributed by atoms with E-state index in [0.717, 1.165) is 31.0 Å². The molecule has 3 rings (SSSR count). The number of aryl methyl sites for hydroxylation is 2. The fourth-order valence-corrected chi connectivity index (χ4v) is 4.43. The first-order valence-corrected chi connectivity index (χ1v) is 9.97. The first-order valence-electron chi connectivity index (χ1n) is 8.99. The van der Waals surface area contributed by atoms with Gasteiger partial charge in [-0.05, 0) is 55.9 Å². The van der Waals surface area contributed by atoms with E-state index in [9.17, 15) is 4.79 Å². The number of benzene rings is 1. The molecule has 0 radical (unpaired) electrons. The van der Waals surface area contributed by atoms with Crippen LogP contribution in [0.3, 0.4) is 0 Å². The van der Waals surface area contributed by atoms with Gasteiger partial charge >= 0.3 is 0 Å². The number of rotatable bonds is 4. The predicted octanol–water partition coefficient (Wildman–Crippen LogP) is 4.86. The van der Waals surface area contributed by atoms with E-state index in [2.05, 4.69) is 44.0 Å². The van der Waals surface area contributed by atoms with Crippen LogP contribution in [0.1, 0.15) is 47.1 Å². The number of thioether (sulfide) groups is 1. The molecule has 1 saturated heterocycles. The molecule has 1 aliphatic heterocycles. The normalized spacial score (nSPS) is 17.6. The van der Waals surface area contributed by atoms with Crippen LogP contribution in [0, 0.1) is 19.8 Å². The average molecular weight is 355 g/mol. The number of aromatic nitrogens is 1. The standard InChI is InChI=1S/C21H26N2OS/c1-15-7-6-12-23(13-15)21(24)19-11-5-10-18(22-19)14-25-20-16(2)8-4-9-17(20)3/h4-5,8-11,15H,6-7,12-14H2,1-3H3. The van der Waals surface area contributed by atoms with Crippen LogP contribution in [0.15, 0.2) is 41.3 Å². The minimum absolute atomic E-state index is 0.0745. The van der Waals surface area contributed by atoms with Crippen LogP contribution < -0.4 is 0 Å². The molecule has 0 bridgehead atoms. The Hall–Kier alpha value is -1.81. The van der Waals surface area contributed by atoms with Gasteiger partial charge in [0.1, 0.15) is 5.69 Å². The molecule has 1 unspecified atom stereocenters. The van der Waals surface area contributed by atoms with Gasteiger partial charge in [0.25, 0.3) is 5.91 Å². The number of amides is 1. The van der Waals surface area contributed by atoms with E-state index >= 15 is 0 Å². The minimum atomic E-state index is 0.0745. The number of carbonyl (C=O) groups excluding carboxylic acids is 1. The Balaban J connectivity index is 1.70. The molecule has 3 nitrogen and oxygen atoms in total. The molecule has 0 spiro atoms. The second-order valence-corrected chi connectivity index (χ2v) is 8.01. The summed E-state index contributed by atoms with van der Waals surface area (Å²) in [6.07, 6.45) is 2.30. The van der Waals surface area contributed by atoms with E-state index in [0.29, 0.717) is 11.6 Å². The van der Waals surface area contributed by atoms with Gasteiger partial charge in [-0.25, -0.2) is 4.98 Å². The summed E-state index contributed by atoms with van der Waals surface area (Å²) in [6.45, 7) is 8.19. The highest BCUT2D eigenvalue weighted by molar-refractivity contribution is 7.98. The molecule has 1 aromatic heterocycles. The van der Waals surface area contributed by atoms with Crippen molar-refractivity contribution in [3.05, 3.63) is 58.9 Å². The van der Waals surface area contributed by atoms with E-state index < -0.39 is 0 Å². The van der Waals surface area contributed by atoms with Gasteiger partial charge in [-0.15, -0.1) is 11.8 Å². The Labute approximate surface area is 154 Å². The SMILES string of the molecule is Cc1cccc(C)c1SCc1cccc(C(=O)N2CCCC(C)C2)n1. The lowest BCUT2D eigenvalue weighted by atomic mass is 10.00. The summed E-state index contributed by atoms with van der Waals surface area (Å²) >= 11 is 1.80. The zero-order valence-corrected chi connectivity index (χ0v) is 16.1. The molecule has 1 atom stereocenters. The van der Waals surface area contributed by atoms with E-state index in [1.54, 1.807) is 11.8 Å². The van der Waals surface area contributed by atoms with Crippen LogP contribution >= 0.6 is 11.8 Å². The van der Waals surface area contributed by atoms with Crippen molar-refractivity contribution in [3.8, 4) is 0 Å². The molecule has 2 aromatic rings. The second-order valence-electron chi connectivity index (χ2n) is 7.02. The third kappa shape index (κ3) is 4.43. The molecule has 1 amide bonds. The maximum Gasteiger partial charge on any atom is 0.272 e. The molecule has 132 valence electrons. The number of pyridine rings is 1. The quantitative estimate of drug-likeness (QED) is 0.735. The summed E-state index contributed by atoms with van der Waals surface area (Å²) < 4.78 is 0. The topological polar surface area (TPSA) is 33.2 Å². The summed E-state index contributed by atoms with van der Waals surface area (Å²) in [5.74, 6) is 1.44. The van der Waals surface area contributed by atoms with Gasteiger partial charge in [0.15, 0.2) is 0 Å². The summed E-state index contributed by atoms with van der Waals surface area (Å²) in [5, 5.41) is 0. The fourth-order valence-electron chi connectivity index (χ4n) is 3.39. The van der Waals surface area contributed by atoms with Crippen molar-refractivity contribution >= 4 is 17.7 Å². The lowest BCUT2D eigenvalue weighted by molar-refractivity contribution is 0.0677. The van der Waals surface area contributed by atoms with Crippen LogP contribution in [-0.2, 0) is 5.75 Å². The number of carbonyl (C=O) groups is 1. The van der Waals surface area contributed by atoms with Crippen LogP contribution in [0.25, 0.3) is 0 Å². The monoisotopic (exact) mass is 354 g/mol. The molecule has 1 aromatic carbocycles. The summed E-state index contributed by atoms with van der Waals surface area (Å²) in [6, 6.07) is 12.2. The van der Waals surface area contributed by atoms with Gasteiger partial charge in [0.2, 0.25) is 0 Å². The summed E-state index contributed by atoms with van der Waals surface area (Å²) in [4.78, 5) is 20.6.